The SMILES string of the molecule is Cc1nc(C)c(CCc2ccsc2CCc2nnsc2C)s1. The molecule has 116 valence electrons. The fourth-order valence-electron chi connectivity index (χ4n) is 2.57. The van der Waals surface area contributed by atoms with Crippen LogP contribution in [0.25, 0.3) is 0 Å². The summed E-state index contributed by atoms with van der Waals surface area (Å²) in [5.41, 5.74) is 3.83. The Morgan fingerprint density at radius 3 is 2.50 bits per heavy atom. The number of rotatable bonds is 6. The van der Waals surface area contributed by atoms with Crippen LogP contribution in [0.3, 0.4) is 0 Å². The van der Waals surface area contributed by atoms with Crippen LogP contribution in [-0.4, -0.2) is 14.6 Å². The average molecular weight is 350 g/mol. The number of hydrogen-bond acceptors (Lipinski definition) is 6. The first-order valence-electron chi connectivity index (χ1n) is 7.39. The summed E-state index contributed by atoms with van der Waals surface area (Å²) in [7, 11) is 0. The standard InChI is InChI=1S/C16H19N3S3/c1-10-15(21-12(3)17-10)6-4-13-8-9-20-16(13)7-5-14-11(2)22-19-18-14/h8-9H,4-7H2,1-3H3. The number of thiophene rings is 1. The van der Waals surface area contributed by atoms with E-state index in [1.54, 1.807) is 0 Å². The van der Waals surface area contributed by atoms with E-state index >= 15 is 0 Å². The highest BCUT2D eigenvalue weighted by molar-refractivity contribution is 7.11. The molecule has 0 spiro atoms. The molecule has 0 saturated carbocycles. The highest BCUT2D eigenvalue weighted by Crippen LogP contribution is 2.24. The van der Waals surface area contributed by atoms with Crippen LogP contribution in [-0.2, 0) is 25.7 Å². The maximum atomic E-state index is 4.52. The Morgan fingerprint density at radius 1 is 1.00 bits per heavy atom. The summed E-state index contributed by atoms with van der Waals surface area (Å²) < 4.78 is 4.02. The molecule has 0 radical (unpaired) electrons. The minimum Gasteiger partial charge on any atom is -0.247 e. The molecule has 3 nitrogen and oxygen atoms in total. The van der Waals surface area contributed by atoms with Crippen molar-refractivity contribution < 1.29 is 0 Å². The molecule has 0 amide bonds. The number of aromatic nitrogens is 3. The quantitative estimate of drug-likeness (QED) is 0.655. The second-order valence-corrected chi connectivity index (χ2v) is 8.63. The van der Waals surface area contributed by atoms with Gasteiger partial charge in [0, 0.05) is 14.6 Å². The predicted molar refractivity (Wildman–Crippen MR) is 95.4 cm³/mol. The normalized spacial score (nSPS) is 11.2. The molecule has 0 aromatic carbocycles. The van der Waals surface area contributed by atoms with Crippen LogP contribution in [0, 0.1) is 20.8 Å². The minimum atomic E-state index is 0.995. The van der Waals surface area contributed by atoms with Gasteiger partial charge in [0.2, 0.25) is 0 Å². The summed E-state index contributed by atoms with van der Waals surface area (Å²) in [6, 6.07) is 2.27. The first kappa shape index (κ1) is 15.8. The lowest BCUT2D eigenvalue weighted by molar-refractivity contribution is 0.877. The molecule has 0 saturated heterocycles. The monoisotopic (exact) mass is 349 g/mol. The molecule has 22 heavy (non-hydrogen) atoms. The molecule has 0 aliphatic carbocycles. The number of thiazole rings is 1. The van der Waals surface area contributed by atoms with Crippen molar-refractivity contribution in [3.63, 3.8) is 0 Å². The topological polar surface area (TPSA) is 38.7 Å². The lowest BCUT2D eigenvalue weighted by Gasteiger charge is -2.03. The summed E-state index contributed by atoms with van der Waals surface area (Å²) in [6.07, 6.45) is 4.27. The largest absolute Gasteiger partial charge is 0.247 e. The molecule has 0 atom stereocenters. The Labute approximate surface area is 143 Å². The molecule has 3 aromatic heterocycles. The lowest BCUT2D eigenvalue weighted by Crippen LogP contribution is -1.97. The Morgan fingerprint density at radius 2 is 1.82 bits per heavy atom. The van der Waals surface area contributed by atoms with Crippen molar-refractivity contribution in [1.29, 1.82) is 0 Å². The van der Waals surface area contributed by atoms with Gasteiger partial charge in [-0.05, 0) is 75.0 Å². The Hall–Kier alpha value is -1.11. The number of aryl methyl sites for hydroxylation is 7. The Bertz CT molecular complexity index is 754. The first-order valence-corrected chi connectivity index (χ1v) is 9.86. The van der Waals surface area contributed by atoms with E-state index in [1.807, 2.05) is 22.7 Å². The van der Waals surface area contributed by atoms with Gasteiger partial charge in [0.15, 0.2) is 0 Å². The summed E-state index contributed by atoms with van der Waals surface area (Å²) >= 11 is 5.19. The van der Waals surface area contributed by atoms with Gasteiger partial charge in [-0.2, -0.15) is 0 Å². The van der Waals surface area contributed by atoms with Gasteiger partial charge >= 0.3 is 0 Å². The van der Waals surface area contributed by atoms with Gasteiger partial charge in [-0.15, -0.1) is 27.8 Å². The van der Waals surface area contributed by atoms with Crippen LogP contribution < -0.4 is 0 Å². The molecule has 0 aliphatic heterocycles. The van der Waals surface area contributed by atoms with E-state index in [4.69, 9.17) is 0 Å². The van der Waals surface area contributed by atoms with E-state index in [9.17, 15) is 0 Å². The molecule has 0 aliphatic rings. The number of hydrogen-bond donors (Lipinski definition) is 0. The third-order valence-corrected chi connectivity index (χ3v) is 6.62. The van der Waals surface area contributed by atoms with E-state index < -0.39 is 0 Å². The molecule has 3 rings (SSSR count). The summed E-state index contributed by atoms with van der Waals surface area (Å²) in [5.74, 6) is 0. The Kier molecular flexibility index (Phi) is 5.00. The average Bonchev–Trinajstić information content (AvgIpc) is 3.16. The first-order chi connectivity index (χ1) is 10.6. The number of nitrogens with zero attached hydrogens (tertiary/aromatic N) is 3. The van der Waals surface area contributed by atoms with Crippen LogP contribution in [0.5, 0.6) is 0 Å². The maximum Gasteiger partial charge on any atom is 0.0900 e. The smallest absolute Gasteiger partial charge is 0.0900 e. The van der Waals surface area contributed by atoms with Gasteiger partial charge in [0.1, 0.15) is 0 Å². The van der Waals surface area contributed by atoms with Crippen molar-refractivity contribution >= 4 is 34.2 Å². The van der Waals surface area contributed by atoms with E-state index in [0.29, 0.717) is 0 Å². The van der Waals surface area contributed by atoms with Crippen molar-refractivity contribution in [2.75, 3.05) is 0 Å². The summed E-state index contributed by atoms with van der Waals surface area (Å²) in [6.45, 7) is 6.30. The van der Waals surface area contributed by atoms with E-state index in [-0.39, 0.29) is 0 Å². The zero-order valence-corrected chi connectivity index (χ0v) is 15.5. The highest BCUT2D eigenvalue weighted by atomic mass is 32.1. The third-order valence-electron chi connectivity index (χ3n) is 3.79. The van der Waals surface area contributed by atoms with Gasteiger partial charge in [0.25, 0.3) is 0 Å². The fourth-order valence-corrected chi connectivity index (χ4v) is 4.96. The van der Waals surface area contributed by atoms with Crippen LogP contribution in [0.1, 0.15) is 36.6 Å². The Balaban J connectivity index is 1.62. The molecule has 0 N–H and O–H groups in total. The summed E-state index contributed by atoms with van der Waals surface area (Å²) in [5, 5.41) is 7.60. The van der Waals surface area contributed by atoms with E-state index in [0.717, 1.165) is 31.4 Å². The van der Waals surface area contributed by atoms with Crippen molar-refractivity contribution in [3.05, 3.63) is 48.0 Å². The molecular formula is C16H19N3S3. The van der Waals surface area contributed by atoms with Gasteiger partial charge < -0.3 is 0 Å². The van der Waals surface area contributed by atoms with Crippen molar-refractivity contribution in [2.24, 2.45) is 0 Å². The zero-order chi connectivity index (χ0) is 15.5. The molecule has 0 unspecified atom stereocenters. The van der Waals surface area contributed by atoms with Crippen molar-refractivity contribution in [1.82, 2.24) is 14.6 Å². The van der Waals surface area contributed by atoms with E-state index in [1.165, 1.54) is 42.4 Å². The predicted octanol–water partition coefficient (Wildman–Crippen LogP) is 4.55. The molecule has 0 fully saturated rings. The zero-order valence-electron chi connectivity index (χ0n) is 13.0. The second-order valence-electron chi connectivity index (χ2n) is 5.39. The van der Waals surface area contributed by atoms with E-state index in [2.05, 4.69) is 46.8 Å². The van der Waals surface area contributed by atoms with Crippen LogP contribution >= 0.6 is 34.2 Å². The fraction of sp³-hybridized carbons (Fsp3) is 0.438. The van der Waals surface area contributed by atoms with Crippen molar-refractivity contribution in [3.8, 4) is 0 Å². The van der Waals surface area contributed by atoms with Crippen LogP contribution in [0.4, 0.5) is 0 Å². The lowest BCUT2D eigenvalue weighted by atomic mass is 10.1. The highest BCUT2D eigenvalue weighted by Gasteiger charge is 2.10. The second kappa shape index (κ2) is 6.98. The van der Waals surface area contributed by atoms with Gasteiger partial charge in [-0.1, -0.05) is 4.49 Å². The van der Waals surface area contributed by atoms with Crippen LogP contribution in [0.2, 0.25) is 0 Å². The van der Waals surface area contributed by atoms with Crippen molar-refractivity contribution in [2.45, 2.75) is 46.5 Å². The maximum absolute atomic E-state index is 4.52. The molecule has 0 bridgehead atoms. The molecule has 6 heteroatoms. The minimum absolute atomic E-state index is 0.995. The van der Waals surface area contributed by atoms with Gasteiger partial charge in [-0.3, -0.25) is 0 Å². The van der Waals surface area contributed by atoms with Gasteiger partial charge in [-0.25, -0.2) is 4.98 Å². The molecule has 3 heterocycles. The molecule has 3 aromatic rings. The summed E-state index contributed by atoms with van der Waals surface area (Å²) in [4.78, 5) is 8.68. The molecular weight excluding hydrogens is 330 g/mol. The van der Waals surface area contributed by atoms with Crippen LogP contribution in [0.15, 0.2) is 11.4 Å². The third kappa shape index (κ3) is 3.62. The van der Waals surface area contributed by atoms with Gasteiger partial charge in [0.05, 0.1) is 16.4 Å².